The first-order valence-corrected chi connectivity index (χ1v) is 10.00. The van der Waals surface area contributed by atoms with E-state index in [1.807, 2.05) is 34.3 Å². The summed E-state index contributed by atoms with van der Waals surface area (Å²) in [4.78, 5) is 8.05. The van der Waals surface area contributed by atoms with Gasteiger partial charge in [-0.2, -0.15) is 10.2 Å². The van der Waals surface area contributed by atoms with Crippen molar-refractivity contribution in [3.63, 3.8) is 0 Å². The molecule has 3 rings (SSSR count). The summed E-state index contributed by atoms with van der Waals surface area (Å²) >= 11 is 10.5. The van der Waals surface area contributed by atoms with Crippen molar-refractivity contribution in [2.75, 3.05) is 26.2 Å². The van der Waals surface area contributed by atoms with Crippen molar-refractivity contribution in [3.8, 4) is 0 Å². The maximum absolute atomic E-state index is 5.26. The van der Waals surface area contributed by atoms with Gasteiger partial charge in [-0.1, -0.05) is 12.1 Å². The molecule has 156 valence electrons. The Hall–Kier alpha value is -3.06. The maximum atomic E-state index is 5.26. The van der Waals surface area contributed by atoms with E-state index in [0.717, 1.165) is 37.3 Å². The largest absolute Gasteiger partial charge is 0.294 e. The van der Waals surface area contributed by atoms with E-state index in [-0.39, 0.29) is 0 Å². The summed E-state index contributed by atoms with van der Waals surface area (Å²) in [5, 5.41) is 13.1. The fourth-order valence-electron chi connectivity index (χ4n) is 2.50. The molecule has 0 radical (unpaired) electrons. The second-order valence-electron chi connectivity index (χ2n) is 6.17. The minimum absolute atomic E-state index is 0.429. The molecule has 0 amide bonds. The van der Waals surface area contributed by atoms with E-state index in [1.54, 1.807) is 37.2 Å². The first kappa shape index (κ1) is 21.6. The van der Waals surface area contributed by atoms with E-state index >= 15 is 0 Å². The van der Waals surface area contributed by atoms with E-state index in [1.165, 1.54) is 0 Å². The lowest BCUT2D eigenvalue weighted by Crippen LogP contribution is -2.59. The van der Waals surface area contributed by atoms with Gasteiger partial charge in [0.05, 0.1) is 12.4 Å². The first-order chi connectivity index (χ1) is 14.7. The molecule has 30 heavy (non-hydrogen) atoms. The molecule has 0 aliphatic carbocycles. The molecule has 1 fully saturated rings. The van der Waals surface area contributed by atoms with Gasteiger partial charge in [0, 0.05) is 62.1 Å². The van der Waals surface area contributed by atoms with Crippen LogP contribution in [0.5, 0.6) is 0 Å². The van der Waals surface area contributed by atoms with Crippen LogP contribution >= 0.6 is 24.4 Å². The molecular formula is C18H22N10S2. The van der Waals surface area contributed by atoms with E-state index in [9.17, 15) is 0 Å². The lowest BCUT2D eigenvalue weighted by Gasteiger charge is -2.35. The molecule has 0 aromatic carbocycles. The summed E-state index contributed by atoms with van der Waals surface area (Å²) in [5.41, 5.74) is 13.6. The Morgan fingerprint density at radius 2 is 1.23 bits per heavy atom. The number of hydrazone groups is 2. The fourth-order valence-corrected chi connectivity index (χ4v) is 2.87. The summed E-state index contributed by atoms with van der Waals surface area (Å²) in [5.74, 6) is 0. The Kier molecular flexibility index (Phi) is 8.53. The minimum atomic E-state index is 0.429. The number of hydrazine groups is 2. The summed E-state index contributed by atoms with van der Waals surface area (Å²) in [7, 11) is 0. The Labute approximate surface area is 185 Å². The zero-order valence-corrected chi connectivity index (χ0v) is 17.7. The van der Waals surface area contributed by atoms with Gasteiger partial charge in [0.2, 0.25) is 10.2 Å². The van der Waals surface area contributed by atoms with Crippen LogP contribution in [0, 0.1) is 0 Å². The highest BCUT2D eigenvalue weighted by atomic mass is 32.1. The van der Waals surface area contributed by atoms with E-state index in [2.05, 4.69) is 41.9 Å². The summed E-state index contributed by atoms with van der Waals surface area (Å²) in [6.45, 7) is 3.01. The van der Waals surface area contributed by atoms with Gasteiger partial charge in [-0.05, 0) is 36.6 Å². The highest BCUT2D eigenvalue weighted by Crippen LogP contribution is 1.96. The Morgan fingerprint density at radius 1 is 0.800 bits per heavy atom. The Bertz CT molecular complexity index is 794. The maximum Gasteiger partial charge on any atom is 0.201 e. The average molecular weight is 443 g/mol. The lowest BCUT2D eigenvalue weighted by molar-refractivity contribution is 0.0936. The van der Waals surface area contributed by atoms with Crippen LogP contribution in [0.3, 0.4) is 0 Å². The molecule has 0 bridgehead atoms. The molecule has 4 N–H and O–H groups in total. The van der Waals surface area contributed by atoms with Crippen LogP contribution in [0.15, 0.2) is 59.3 Å². The van der Waals surface area contributed by atoms with Gasteiger partial charge in [-0.25, -0.2) is 10.0 Å². The Balaban J connectivity index is 1.31. The number of rotatable bonds is 6. The molecule has 1 saturated heterocycles. The quantitative estimate of drug-likeness (QED) is 0.282. The number of nitrogens with zero attached hydrogens (tertiary/aromatic N) is 6. The van der Waals surface area contributed by atoms with E-state index < -0.39 is 0 Å². The van der Waals surface area contributed by atoms with Gasteiger partial charge in [-0.15, -0.1) is 0 Å². The predicted molar refractivity (Wildman–Crippen MR) is 125 cm³/mol. The average Bonchev–Trinajstić information content (AvgIpc) is 2.77. The number of aromatic nitrogens is 2. The number of thiocarbonyl (C=S) groups is 2. The smallest absolute Gasteiger partial charge is 0.201 e. The van der Waals surface area contributed by atoms with Gasteiger partial charge in [0.25, 0.3) is 0 Å². The third-order valence-corrected chi connectivity index (χ3v) is 4.29. The predicted octanol–water partition coefficient (Wildman–Crippen LogP) is 0.220. The first-order valence-electron chi connectivity index (χ1n) is 9.18. The summed E-state index contributed by atoms with van der Waals surface area (Å²) in [6.07, 6.45) is 10.2. The molecular weight excluding hydrogens is 420 g/mol. The van der Waals surface area contributed by atoms with Crippen molar-refractivity contribution in [2.45, 2.75) is 0 Å². The van der Waals surface area contributed by atoms with Gasteiger partial charge in [-0.3, -0.25) is 31.7 Å². The van der Waals surface area contributed by atoms with Crippen LogP contribution in [-0.2, 0) is 0 Å². The number of hydrogen-bond donors (Lipinski definition) is 4. The number of nitrogens with one attached hydrogen (secondary N) is 4. The second-order valence-corrected chi connectivity index (χ2v) is 6.99. The van der Waals surface area contributed by atoms with Crippen molar-refractivity contribution < 1.29 is 0 Å². The van der Waals surface area contributed by atoms with Gasteiger partial charge in [0.15, 0.2) is 0 Å². The van der Waals surface area contributed by atoms with Crippen LogP contribution < -0.4 is 21.7 Å². The number of pyridine rings is 2. The second kappa shape index (κ2) is 11.8. The SMILES string of the molecule is S=C(N/N=C\c1cccnc1)NN1CCN(NC(=S)N/N=C/c2cccnc2)CC1. The van der Waals surface area contributed by atoms with Crippen LogP contribution in [0.25, 0.3) is 0 Å². The Morgan fingerprint density at radius 3 is 1.60 bits per heavy atom. The molecule has 10 nitrogen and oxygen atoms in total. The number of hydrogen-bond acceptors (Lipinski definition) is 8. The summed E-state index contributed by atoms with van der Waals surface area (Å²) in [6, 6.07) is 7.51. The minimum Gasteiger partial charge on any atom is -0.294 e. The standard InChI is InChI=1S/C18H22N10S2/c29-17(23-21-13-15-3-1-5-19-11-15)25-27-7-9-28(10-8-27)26-18(30)24-22-14-16-4-2-6-20-12-16/h1-6,11-14H,7-10H2,(H2,23,25,29)(H2,24,26,30)/b21-13-,22-14+. The highest BCUT2D eigenvalue weighted by Gasteiger charge is 2.17. The van der Waals surface area contributed by atoms with Crippen LogP contribution in [0.4, 0.5) is 0 Å². The van der Waals surface area contributed by atoms with E-state index in [4.69, 9.17) is 24.4 Å². The molecule has 12 heteroatoms. The van der Waals surface area contributed by atoms with Gasteiger partial charge < -0.3 is 0 Å². The van der Waals surface area contributed by atoms with Gasteiger partial charge in [0.1, 0.15) is 0 Å². The molecule has 0 saturated carbocycles. The fraction of sp³-hybridized carbons (Fsp3) is 0.222. The van der Waals surface area contributed by atoms with Crippen molar-refractivity contribution >= 4 is 47.1 Å². The summed E-state index contributed by atoms with van der Waals surface area (Å²) < 4.78 is 0. The van der Waals surface area contributed by atoms with Crippen molar-refractivity contribution in [3.05, 3.63) is 60.2 Å². The topological polar surface area (TPSA) is 105 Å². The zero-order chi connectivity index (χ0) is 21.0. The van der Waals surface area contributed by atoms with Crippen LogP contribution in [0.2, 0.25) is 0 Å². The van der Waals surface area contributed by atoms with Crippen molar-refractivity contribution in [1.82, 2.24) is 41.7 Å². The number of piperazine rings is 1. The molecule has 1 aliphatic rings. The van der Waals surface area contributed by atoms with Crippen LogP contribution in [-0.4, -0.2) is 68.8 Å². The zero-order valence-electron chi connectivity index (χ0n) is 16.1. The molecule has 0 atom stereocenters. The molecule has 0 unspecified atom stereocenters. The monoisotopic (exact) mass is 442 g/mol. The molecule has 0 spiro atoms. The molecule has 1 aliphatic heterocycles. The van der Waals surface area contributed by atoms with Gasteiger partial charge >= 0.3 is 0 Å². The third kappa shape index (κ3) is 7.75. The van der Waals surface area contributed by atoms with Crippen LogP contribution in [0.1, 0.15) is 11.1 Å². The lowest BCUT2D eigenvalue weighted by atomic mass is 10.3. The normalized spacial score (nSPS) is 15.2. The third-order valence-electron chi connectivity index (χ3n) is 3.93. The van der Waals surface area contributed by atoms with E-state index in [0.29, 0.717) is 10.2 Å². The van der Waals surface area contributed by atoms with Crippen molar-refractivity contribution in [1.29, 1.82) is 0 Å². The van der Waals surface area contributed by atoms with Crippen molar-refractivity contribution in [2.24, 2.45) is 10.2 Å². The molecule has 3 heterocycles. The molecule has 2 aromatic heterocycles. The molecule has 2 aromatic rings. The highest BCUT2D eigenvalue weighted by molar-refractivity contribution is 7.80.